The predicted molar refractivity (Wildman–Crippen MR) is 130 cm³/mol. The van der Waals surface area contributed by atoms with E-state index in [9.17, 15) is 19.5 Å². The van der Waals surface area contributed by atoms with E-state index in [2.05, 4.69) is 6.92 Å². The Morgan fingerprint density at radius 2 is 1.89 bits per heavy atom. The van der Waals surface area contributed by atoms with Gasteiger partial charge in [0.05, 0.1) is 25.2 Å². The molecule has 7 atom stereocenters. The second-order valence-electron chi connectivity index (χ2n) is 10.4. The van der Waals surface area contributed by atoms with E-state index in [1.165, 1.54) is 4.90 Å². The molecule has 2 unspecified atom stereocenters. The number of hydrogen-bond acceptors (Lipinski definition) is 6. The van der Waals surface area contributed by atoms with Gasteiger partial charge in [0, 0.05) is 12.6 Å². The molecule has 0 saturated carbocycles. The maximum atomic E-state index is 14.2. The third-order valence-corrected chi connectivity index (χ3v) is 8.42. The molecule has 2 saturated heterocycles. The van der Waals surface area contributed by atoms with Crippen LogP contribution in [0.3, 0.4) is 0 Å². The smallest absolute Gasteiger partial charge is 0.313 e. The van der Waals surface area contributed by atoms with Crippen molar-refractivity contribution in [3.8, 4) is 0 Å². The Morgan fingerprint density at radius 1 is 1.11 bits per heavy atom. The summed E-state index contributed by atoms with van der Waals surface area (Å²) in [7, 11) is 0. The van der Waals surface area contributed by atoms with Crippen LogP contribution in [0.1, 0.15) is 66.2 Å². The van der Waals surface area contributed by atoms with Gasteiger partial charge in [-0.1, -0.05) is 51.5 Å². The summed E-state index contributed by atoms with van der Waals surface area (Å²) >= 11 is 0. The first kappa shape index (κ1) is 25.9. The molecule has 1 N–H and O–H groups in total. The third-order valence-electron chi connectivity index (χ3n) is 8.42. The molecule has 2 amide bonds. The summed E-state index contributed by atoms with van der Waals surface area (Å²) in [5.74, 6) is -2.72. The molecule has 0 bridgehead atoms. The molecule has 4 heterocycles. The Labute approximate surface area is 208 Å². The summed E-state index contributed by atoms with van der Waals surface area (Å²) in [6.07, 6.45) is 11.9. The number of aliphatic hydroxyl groups excluding tert-OH is 1. The molecule has 4 aliphatic rings. The van der Waals surface area contributed by atoms with E-state index >= 15 is 0 Å². The number of fused-ring (bicyclic) bond motifs is 2. The lowest BCUT2D eigenvalue weighted by Gasteiger charge is -2.41. The van der Waals surface area contributed by atoms with E-state index in [4.69, 9.17) is 9.47 Å². The van der Waals surface area contributed by atoms with Gasteiger partial charge in [-0.2, -0.15) is 0 Å². The molecule has 2 fully saturated rings. The highest BCUT2D eigenvalue weighted by molar-refractivity contribution is 5.99. The molecular formula is C27H40N2O6. The van der Waals surface area contributed by atoms with Crippen LogP contribution in [0.2, 0.25) is 0 Å². The molecule has 4 rings (SSSR count). The van der Waals surface area contributed by atoms with Crippen LogP contribution in [-0.4, -0.2) is 81.8 Å². The number of aliphatic hydroxyl groups is 1. The number of carbonyl (C=O) groups excluding carboxylic acids is 3. The molecule has 8 heteroatoms. The largest absolute Gasteiger partial charge is 0.465 e. The number of amides is 2. The summed E-state index contributed by atoms with van der Waals surface area (Å²) in [4.78, 5) is 45.3. The van der Waals surface area contributed by atoms with Gasteiger partial charge in [0.1, 0.15) is 23.2 Å². The summed E-state index contributed by atoms with van der Waals surface area (Å²) in [5, 5.41) is 10.2. The minimum atomic E-state index is -1.30. The van der Waals surface area contributed by atoms with Gasteiger partial charge in [-0.15, -0.1) is 0 Å². The van der Waals surface area contributed by atoms with Crippen molar-refractivity contribution in [3.05, 3.63) is 24.3 Å². The number of hydrogen-bond donors (Lipinski definition) is 1. The molecule has 0 aliphatic carbocycles. The first-order chi connectivity index (χ1) is 16.8. The lowest BCUT2D eigenvalue weighted by Crippen LogP contribution is -2.59. The molecule has 0 radical (unpaired) electrons. The number of likely N-dealkylation sites (tertiary alicyclic amines) is 1. The van der Waals surface area contributed by atoms with Crippen LogP contribution < -0.4 is 0 Å². The highest BCUT2D eigenvalue weighted by Crippen LogP contribution is 2.58. The van der Waals surface area contributed by atoms with Crippen molar-refractivity contribution in [1.29, 1.82) is 0 Å². The molecule has 4 aliphatic heterocycles. The molecular weight excluding hydrogens is 448 g/mol. The molecule has 8 nitrogen and oxygen atoms in total. The van der Waals surface area contributed by atoms with Crippen LogP contribution in [0.4, 0.5) is 0 Å². The molecule has 0 aromatic heterocycles. The number of cyclic esters (lactones) is 1. The summed E-state index contributed by atoms with van der Waals surface area (Å²) in [6, 6.07) is -1.51. The van der Waals surface area contributed by atoms with Crippen LogP contribution in [-0.2, 0) is 23.9 Å². The number of allylic oxidation sites excluding steroid dienone is 1. The Kier molecular flexibility index (Phi) is 7.44. The van der Waals surface area contributed by atoms with E-state index < -0.39 is 41.1 Å². The minimum Gasteiger partial charge on any atom is -0.465 e. The number of rotatable bonds is 7. The van der Waals surface area contributed by atoms with Crippen LogP contribution >= 0.6 is 0 Å². The molecule has 194 valence electrons. The molecule has 0 aromatic rings. The zero-order chi connectivity index (χ0) is 25.4. The second kappa shape index (κ2) is 10.1. The Hall–Kier alpha value is -2.19. The fourth-order valence-corrected chi connectivity index (χ4v) is 6.61. The van der Waals surface area contributed by atoms with Crippen molar-refractivity contribution in [2.75, 3.05) is 19.8 Å². The zero-order valence-corrected chi connectivity index (χ0v) is 21.4. The lowest BCUT2D eigenvalue weighted by atomic mass is 9.73. The third kappa shape index (κ3) is 3.93. The van der Waals surface area contributed by atoms with Gasteiger partial charge in [-0.05, 0) is 39.0 Å². The van der Waals surface area contributed by atoms with Crippen molar-refractivity contribution >= 4 is 17.8 Å². The maximum absolute atomic E-state index is 14.2. The highest BCUT2D eigenvalue weighted by Gasteiger charge is 2.75. The van der Waals surface area contributed by atoms with Crippen molar-refractivity contribution in [2.24, 2.45) is 11.8 Å². The van der Waals surface area contributed by atoms with E-state index in [1.807, 2.05) is 50.0 Å². The summed E-state index contributed by atoms with van der Waals surface area (Å²) in [6.45, 7) is 8.36. The van der Waals surface area contributed by atoms with Gasteiger partial charge in [0.25, 0.3) is 0 Å². The first-order valence-corrected chi connectivity index (χ1v) is 13.3. The topological polar surface area (TPSA) is 96.4 Å². The van der Waals surface area contributed by atoms with E-state index in [0.717, 1.165) is 19.3 Å². The number of ether oxygens (including phenoxy) is 2. The van der Waals surface area contributed by atoms with Gasteiger partial charge >= 0.3 is 5.97 Å². The standard InChI is InChI=1S/C27H40N2O6/c1-5-12-18(4)28-15-11-14-27-20(23(31)29(19(6-2)17-30)22(27)24(28)32)21-25(33)34-16-10-8-9-13-26(21,7-3)35-27/h9,11,13-14,18-22,30H,5-8,10,12,15-17H2,1-4H3/b13-9-/t18?,19-,20-,21+,22?,26-,27-/m0/s1. The maximum Gasteiger partial charge on any atom is 0.313 e. The number of nitrogens with zero attached hydrogens (tertiary/aromatic N) is 2. The lowest BCUT2D eigenvalue weighted by molar-refractivity contribution is -0.163. The predicted octanol–water partition coefficient (Wildman–Crippen LogP) is 2.60. The average Bonchev–Trinajstić information content (AvgIpc) is 3.22. The van der Waals surface area contributed by atoms with Crippen LogP contribution in [0.25, 0.3) is 0 Å². The minimum absolute atomic E-state index is 0.0129. The fraction of sp³-hybridized carbons (Fsp3) is 0.741. The van der Waals surface area contributed by atoms with Gasteiger partial charge in [0.15, 0.2) is 0 Å². The summed E-state index contributed by atoms with van der Waals surface area (Å²) in [5.41, 5.74) is -2.34. The number of esters is 1. The zero-order valence-electron chi connectivity index (χ0n) is 21.4. The van der Waals surface area contributed by atoms with Gasteiger partial charge in [0.2, 0.25) is 11.8 Å². The van der Waals surface area contributed by atoms with Gasteiger partial charge in [-0.3, -0.25) is 14.4 Å². The van der Waals surface area contributed by atoms with Crippen molar-refractivity contribution in [3.63, 3.8) is 0 Å². The number of carbonyl (C=O) groups is 3. The molecule has 1 spiro atoms. The van der Waals surface area contributed by atoms with Crippen LogP contribution in [0.5, 0.6) is 0 Å². The van der Waals surface area contributed by atoms with Crippen molar-refractivity contribution in [1.82, 2.24) is 9.80 Å². The average molecular weight is 489 g/mol. The second-order valence-corrected chi connectivity index (χ2v) is 10.4. The van der Waals surface area contributed by atoms with Crippen molar-refractivity contribution < 1.29 is 29.0 Å². The highest BCUT2D eigenvalue weighted by atomic mass is 16.6. The first-order valence-electron chi connectivity index (χ1n) is 13.3. The normalized spacial score (nSPS) is 37.4. The van der Waals surface area contributed by atoms with E-state index in [0.29, 0.717) is 25.8 Å². The Balaban J connectivity index is 1.90. The van der Waals surface area contributed by atoms with Crippen LogP contribution in [0.15, 0.2) is 24.3 Å². The van der Waals surface area contributed by atoms with E-state index in [-0.39, 0.29) is 31.1 Å². The van der Waals surface area contributed by atoms with Gasteiger partial charge in [-0.25, -0.2) is 0 Å². The quantitative estimate of drug-likeness (QED) is 0.437. The van der Waals surface area contributed by atoms with Crippen LogP contribution in [0, 0.1) is 11.8 Å². The van der Waals surface area contributed by atoms with E-state index in [1.54, 1.807) is 0 Å². The SMILES string of the molecule is CCCC(C)N1CC=C[C@]23O[C@@]4(CC)/C=C\CCCOC(=O)[C@H]4[C@H]2C(=O)N([C@@H](CC)CO)C3C1=O. The Morgan fingerprint density at radius 3 is 2.54 bits per heavy atom. The fourth-order valence-electron chi connectivity index (χ4n) is 6.61. The van der Waals surface area contributed by atoms with Gasteiger partial charge < -0.3 is 24.4 Å². The monoisotopic (exact) mass is 488 g/mol. The summed E-state index contributed by atoms with van der Waals surface area (Å²) < 4.78 is 12.5. The molecule has 0 aromatic carbocycles. The molecule has 35 heavy (non-hydrogen) atoms. The Bertz CT molecular complexity index is 898. The van der Waals surface area contributed by atoms with Crippen molar-refractivity contribution in [2.45, 2.75) is 95.5 Å².